The molecule has 1 aromatic carbocycles. The molecule has 0 bridgehead atoms. The molecule has 0 amide bonds. The van der Waals surface area contributed by atoms with Crippen LogP contribution in [-0.4, -0.2) is 23.0 Å². The Labute approximate surface area is 119 Å². The van der Waals surface area contributed by atoms with Crippen molar-refractivity contribution in [2.75, 3.05) is 0 Å². The summed E-state index contributed by atoms with van der Waals surface area (Å²) in [4.78, 5) is 22.4. The topological polar surface area (TPSA) is 63.6 Å². The minimum Gasteiger partial charge on any atom is -0.481 e. The van der Waals surface area contributed by atoms with E-state index in [-0.39, 0.29) is 24.4 Å². The van der Waals surface area contributed by atoms with E-state index >= 15 is 0 Å². The highest BCUT2D eigenvalue weighted by molar-refractivity contribution is 5.96. The number of carbonyl (C=O) groups excluding carboxylic acids is 1. The fraction of sp³-hybridized carbons (Fsp3) is 0.500. The molecule has 0 heterocycles. The summed E-state index contributed by atoms with van der Waals surface area (Å²) in [6, 6.07) is 9.68. The van der Waals surface area contributed by atoms with Gasteiger partial charge in [-0.25, -0.2) is 0 Å². The van der Waals surface area contributed by atoms with Crippen LogP contribution < -0.4 is 0 Å². The lowest BCUT2D eigenvalue weighted by molar-refractivity contribution is -0.146. The maximum absolute atomic E-state index is 11.3. The van der Waals surface area contributed by atoms with Gasteiger partial charge >= 0.3 is 5.97 Å². The number of hydrogen-bond acceptors (Lipinski definition) is 3. The molecule has 2 unspecified atom stereocenters. The van der Waals surface area contributed by atoms with Crippen LogP contribution in [0.4, 0.5) is 0 Å². The summed E-state index contributed by atoms with van der Waals surface area (Å²) in [5.41, 5.74) is 1.01. The quantitative estimate of drug-likeness (QED) is 0.741. The Bertz CT molecular complexity index is 425. The van der Waals surface area contributed by atoms with Gasteiger partial charge in [0.25, 0.3) is 0 Å². The molecule has 1 rings (SSSR count). The van der Waals surface area contributed by atoms with E-state index in [9.17, 15) is 9.59 Å². The summed E-state index contributed by atoms with van der Waals surface area (Å²) in [5.74, 6) is -2.32. The van der Waals surface area contributed by atoms with Crippen LogP contribution in [0.5, 0.6) is 0 Å². The number of carboxylic acid groups (broad SMARTS) is 1. The van der Waals surface area contributed by atoms with Crippen molar-refractivity contribution < 1.29 is 19.4 Å². The van der Waals surface area contributed by atoms with Crippen molar-refractivity contribution in [3.05, 3.63) is 35.9 Å². The Morgan fingerprint density at radius 2 is 1.75 bits per heavy atom. The second-order valence-electron chi connectivity index (χ2n) is 5.16. The van der Waals surface area contributed by atoms with Crippen molar-refractivity contribution in [3.8, 4) is 0 Å². The van der Waals surface area contributed by atoms with Crippen LogP contribution in [0, 0.1) is 5.92 Å². The molecule has 0 aromatic heterocycles. The molecule has 0 aliphatic rings. The minimum absolute atomic E-state index is 0.0424. The third-order valence-corrected chi connectivity index (χ3v) is 3.11. The summed E-state index contributed by atoms with van der Waals surface area (Å²) in [6.45, 7) is 5.20. The molecular weight excluding hydrogens is 256 g/mol. The molecule has 110 valence electrons. The molecule has 20 heavy (non-hydrogen) atoms. The molecule has 0 saturated carbocycles. The van der Waals surface area contributed by atoms with Gasteiger partial charge < -0.3 is 9.84 Å². The molecule has 0 aliphatic heterocycles. The zero-order valence-corrected chi connectivity index (χ0v) is 12.2. The van der Waals surface area contributed by atoms with Gasteiger partial charge in [0.2, 0.25) is 0 Å². The number of aliphatic carboxylic acids is 1. The molecule has 0 spiro atoms. The zero-order chi connectivity index (χ0) is 15.1. The first-order valence-corrected chi connectivity index (χ1v) is 6.85. The Balaban J connectivity index is 2.75. The van der Waals surface area contributed by atoms with Crippen molar-refractivity contribution in [2.24, 2.45) is 5.92 Å². The first-order chi connectivity index (χ1) is 9.41. The predicted octanol–water partition coefficient (Wildman–Crippen LogP) is 3.22. The Morgan fingerprint density at radius 1 is 1.15 bits per heavy atom. The lowest BCUT2D eigenvalue weighted by atomic mass is 9.95. The second-order valence-corrected chi connectivity index (χ2v) is 5.16. The molecule has 0 aliphatic carbocycles. The van der Waals surface area contributed by atoms with Gasteiger partial charge in [-0.1, -0.05) is 30.3 Å². The fourth-order valence-corrected chi connectivity index (χ4v) is 2.13. The van der Waals surface area contributed by atoms with Crippen molar-refractivity contribution >= 4 is 11.8 Å². The van der Waals surface area contributed by atoms with Gasteiger partial charge in [-0.2, -0.15) is 0 Å². The monoisotopic (exact) mass is 278 g/mol. The maximum atomic E-state index is 11.3. The van der Waals surface area contributed by atoms with E-state index in [0.717, 1.165) is 5.56 Å². The van der Waals surface area contributed by atoms with E-state index in [0.29, 0.717) is 6.42 Å². The highest BCUT2D eigenvalue weighted by Gasteiger charge is 2.25. The smallest absolute Gasteiger partial charge is 0.314 e. The van der Waals surface area contributed by atoms with E-state index < -0.39 is 11.9 Å². The third kappa shape index (κ3) is 5.13. The molecule has 4 heteroatoms. The van der Waals surface area contributed by atoms with E-state index in [1.165, 1.54) is 6.92 Å². The lowest BCUT2D eigenvalue weighted by Crippen LogP contribution is -2.23. The highest BCUT2D eigenvalue weighted by atomic mass is 16.5. The van der Waals surface area contributed by atoms with Crippen molar-refractivity contribution in [3.63, 3.8) is 0 Å². The first-order valence-electron chi connectivity index (χ1n) is 6.85. The van der Waals surface area contributed by atoms with Gasteiger partial charge in [0, 0.05) is 0 Å². The van der Waals surface area contributed by atoms with Crippen LogP contribution in [0.1, 0.15) is 45.3 Å². The van der Waals surface area contributed by atoms with Crippen LogP contribution in [0.15, 0.2) is 30.3 Å². The standard InChI is InChI=1S/C16H22O4/c1-11(2)20-15(13-7-5-4-6-8-13)10-9-14(12(3)17)16(18)19/h4-8,11,14-15H,9-10H2,1-3H3,(H,18,19). The van der Waals surface area contributed by atoms with Crippen molar-refractivity contribution in [2.45, 2.75) is 45.8 Å². The lowest BCUT2D eigenvalue weighted by Gasteiger charge is -2.22. The Morgan fingerprint density at radius 3 is 2.20 bits per heavy atom. The van der Waals surface area contributed by atoms with Crippen LogP contribution in [-0.2, 0) is 14.3 Å². The predicted molar refractivity (Wildman–Crippen MR) is 76.4 cm³/mol. The van der Waals surface area contributed by atoms with Gasteiger partial charge in [0.05, 0.1) is 12.2 Å². The minimum atomic E-state index is -1.06. The second kappa shape index (κ2) is 7.80. The van der Waals surface area contributed by atoms with Crippen LogP contribution >= 0.6 is 0 Å². The average molecular weight is 278 g/mol. The number of hydrogen-bond donors (Lipinski definition) is 1. The molecule has 0 saturated heterocycles. The Kier molecular flexibility index (Phi) is 6.39. The zero-order valence-electron chi connectivity index (χ0n) is 12.2. The Hall–Kier alpha value is -1.68. The number of carbonyl (C=O) groups is 2. The van der Waals surface area contributed by atoms with Gasteiger partial charge in [-0.15, -0.1) is 0 Å². The van der Waals surface area contributed by atoms with Gasteiger partial charge in [0.15, 0.2) is 0 Å². The molecular formula is C16H22O4. The van der Waals surface area contributed by atoms with E-state index in [1.54, 1.807) is 0 Å². The SMILES string of the molecule is CC(=O)C(CCC(OC(C)C)c1ccccc1)C(=O)O. The molecule has 1 N–H and O–H groups in total. The summed E-state index contributed by atoms with van der Waals surface area (Å²) >= 11 is 0. The summed E-state index contributed by atoms with van der Waals surface area (Å²) in [5, 5.41) is 9.05. The molecule has 0 fully saturated rings. The normalized spacial score (nSPS) is 14.0. The number of rotatable bonds is 8. The molecule has 4 nitrogen and oxygen atoms in total. The average Bonchev–Trinajstić information content (AvgIpc) is 2.37. The van der Waals surface area contributed by atoms with E-state index in [4.69, 9.17) is 9.84 Å². The summed E-state index contributed by atoms with van der Waals surface area (Å²) in [7, 11) is 0. The summed E-state index contributed by atoms with van der Waals surface area (Å²) < 4.78 is 5.84. The fourth-order valence-electron chi connectivity index (χ4n) is 2.13. The van der Waals surface area contributed by atoms with Gasteiger partial charge in [-0.3, -0.25) is 9.59 Å². The number of ether oxygens (including phenoxy) is 1. The number of benzene rings is 1. The summed E-state index contributed by atoms with van der Waals surface area (Å²) in [6.07, 6.45) is 0.661. The van der Waals surface area contributed by atoms with Crippen LogP contribution in [0.25, 0.3) is 0 Å². The van der Waals surface area contributed by atoms with E-state index in [1.807, 2.05) is 44.2 Å². The van der Waals surface area contributed by atoms with Gasteiger partial charge in [-0.05, 0) is 39.2 Å². The van der Waals surface area contributed by atoms with Gasteiger partial charge in [0.1, 0.15) is 11.7 Å². The molecule has 2 atom stereocenters. The van der Waals surface area contributed by atoms with Crippen molar-refractivity contribution in [1.29, 1.82) is 0 Å². The molecule has 0 radical (unpaired) electrons. The van der Waals surface area contributed by atoms with Crippen molar-refractivity contribution in [1.82, 2.24) is 0 Å². The molecule has 1 aromatic rings. The maximum Gasteiger partial charge on any atom is 0.314 e. The van der Waals surface area contributed by atoms with E-state index in [2.05, 4.69) is 0 Å². The van der Waals surface area contributed by atoms with Crippen LogP contribution in [0.2, 0.25) is 0 Å². The highest BCUT2D eigenvalue weighted by Crippen LogP contribution is 2.26. The van der Waals surface area contributed by atoms with Crippen LogP contribution in [0.3, 0.4) is 0 Å². The number of Topliss-reactive ketones (excluding diaryl/α,β-unsaturated/α-hetero) is 1. The third-order valence-electron chi connectivity index (χ3n) is 3.11. The first kappa shape index (κ1) is 16.4. The largest absolute Gasteiger partial charge is 0.481 e. The number of ketones is 1. The number of carboxylic acids is 1.